The molecule has 5 heterocycles. The van der Waals surface area contributed by atoms with Crippen molar-refractivity contribution in [1.29, 1.82) is 0 Å². The summed E-state index contributed by atoms with van der Waals surface area (Å²) >= 11 is 2.95. The van der Waals surface area contributed by atoms with Crippen molar-refractivity contribution in [2.75, 3.05) is 30.4 Å². The highest BCUT2D eigenvalue weighted by atomic mass is 32.2. The number of amides is 3. The van der Waals surface area contributed by atoms with Crippen molar-refractivity contribution >= 4 is 60.4 Å². The molecule has 0 bridgehead atoms. The molecule has 0 aromatic carbocycles. The van der Waals surface area contributed by atoms with Crippen LogP contribution in [0.25, 0.3) is 11.2 Å². The molecule has 10 N–H and O–H groups in total. The maximum absolute atomic E-state index is 12.5. The number of phosphoric acid groups is 1. The van der Waals surface area contributed by atoms with Crippen LogP contribution in [0.2, 0.25) is 0 Å². The molecule has 3 amide bonds. The van der Waals surface area contributed by atoms with E-state index in [1.54, 1.807) is 0 Å². The molecule has 3 saturated heterocycles. The normalized spacial score (nSPS) is 28.7. The van der Waals surface area contributed by atoms with E-state index >= 15 is 0 Å². The van der Waals surface area contributed by atoms with E-state index in [-0.39, 0.29) is 52.8 Å². The highest BCUT2D eigenvalue weighted by Crippen LogP contribution is 2.40. The van der Waals surface area contributed by atoms with E-state index in [1.165, 1.54) is 4.57 Å². The number of thioether (sulfide) groups is 2. The SMILES string of the molecule is Nc1nc2c(nc(SCCNC(=O)CCCC[C@@H]3SC[C@@H]4NC(=O)N[C@@H]43)n2[C@@H]2O[C@H](COP(=O)(O)O)[C@@H](O)[C@H]2O)c(=O)[nH]1. The molecule has 238 valence electrons. The van der Waals surface area contributed by atoms with Gasteiger partial charge in [-0.1, -0.05) is 18.2 Å². The van der Waals surface area contributed by atoms with Crippen LogP contribution in [0.1, 0.15) is 31.9 Å². The molecule has 3 aliphatic rings. The first kappa shape index (κ1) is 32.0. The zero-order valence-electron chi connectivity index (χ0n) is 22.6. The van der Waals surface area contributed by atoms with Crippen LogP contribution in [0, 0.1) is 0 Å². The van der Waals surface area contributed by atoms with Gasteiger partial charge in [0, 0.05) is 29.7 Å². The van der Waals surface area contributed by atoms with Crippen LogP contribution in [-0.2, 0) is 18.6 Å². The monoisotopic (exact) mass is 664 g/mol. The predicted octanol–water partition coefficient (Wildman–Crippen LogP) is -1.64. The van der Waals surface area contributed by atoms with E-state index in [1.807, 2.05) is 11.8 Å². The average molecular weight is 665 g/mol. The molecule has 0 spiro atoms. The average Bonchev–Trinajstić information content (AvgIpc) is 3.66. The summed E-state index contributed by atoms with van der Waals surface area (Å²) < 4.78 is 22.5. The molecular weight excluding hydrogens is 631 g/mol. The van der Waals surface area contributed by atoms with Gasteiger partial charge in [-0.15, -0.1) is 0 Å². The number of hydrogen-bond donors (Lipinski definition) is 9. The number of nitrogens with zero attached hydrogens (tertiary/aromatic N) is 3. The number of aromatic amines is 1. The van der Waals surface area contributed by atoms with Crippen LogP contribution in [0.5, 0.6) is 0 Å². The van der Waals surface area contributed by atoms with Crippen molar-refractivity contribution in [3.8, 4) is 0 Å². The van der Waals surface area contributed by atoms with Gasteiger partial charge in [0.15, 0.2) is 22.5 Å². The number of nitrogens with two attached hydrogens (primary N) is 1. The molecule has 0 radical (unpaired) electrons. The molecule has 0 saturated carbocycles. The number of hydrogen-bond acceptors (Lipinski definition) is 13. The molecule has 3 fully saturated rings. The third-order valence-corrected chi connectivity index (χ3v) is 10.2. The number of aromatic nitrogens is 4. The lowest BCUT2D eigenvalue weighted by molar-refractivity contribution is -0.121. The van der Waals surface area contributed by atoms with Crippen LogP contribution in [0.15, 0.2) is 9.95 Å². The van der Waals surface area contributed by atoms with Gasteiger partial charge in [0.1, 0.15) is 18.3 Å². The molecule has 0 aliphatic carbocycles. The lowest BCUT2D eigenvalue weighted by Crippen LogP contribution is -2.36. The number of nitrogens with one attached hydrogen (secondary N) is 4. The van der Waals surface area contributed by atoms with Crippen molar-refractivity contribution in [1.82, 2.24) is 35.5 Å². The van der Waals surface area contributed by atoms with Crippen LogP contribution >= 0.6 is 31.3 Å². The predicted molar refractivity (Wildman–Crippen MR) is 154 cm³/mol. The molecule has 2 aromatic heterocycles. The Kier molecular flexibility index (Phi) is 9.89. The molecule has 21 heteroatoms. The van der Waals surface area contributed by atoms with Gasteiger partial charge in [-0.2, -0.15) is 16.7 Å². The zero-order valence-corrected chi connectivity index (χ0v) is 25.1. The molecule has 5 rings (SSSR count). The minimum Gasteiger partial charge on any atom is -0.387 e. The summed E-state index contributed by atoms with van der Waals surface area (Å²) in [5.41, 5.74) is 4.91. The van der Waals surface area contributed by atoms with Gasteiger partial charge in [0.05, 0.1) is 18.7 Å². The van der Waals surface area contributed by atoms with E-state index < -0.39 is 44.5 Å². The Balaban J connectivity index is 1.15. The number of anilines is 1. The Labute approximate surface area is 252 Å². The van der Waals surface area contributed by atoms with Gasteiger partial charge in [-0.3, -0.25) is 23.7 Å². The second kappa shape index (κ2) is 13.3. The number of phosphoric ester groups is 1. The second-order valence-electron chi connectivity index (χ2n) is 10.3. The largest absolute Gasteiger partial charge is 0.469 e. The number of rotatable bonds is 13. The van der Waals surface area contributed by atoms with Gasteiger partial charge < -0.3 is 46.4 Å². The third-order valence-electron chi connectivity index (χ3n) is 7.27. The number of unbranched alkanes of at least 4 members (excludes halogenated alkanes) is 1. The number of imidazole rings is 1. The fourth-order valence-electron chi connectivity index (χ4n) is 5.26. The maximum atomic E-state index is 12.5. The highest BCUT2D eigenvalue weighted by Gasteiger charge is 2.46. The van der Waals surface area contributed by atoms with E-state index in [4.69, 9.17) is 20.3 Å². The zero-order chi connectivity index (χ0) is 30.9. The molecule has 18 nitrogen and oxygen atoms in total. The van der Waals surface area contributed by atoms with Crippen LogP contribution in [0.3, 0.4) is 0 Å². The summed E-state index contributed by atoms with van der Waals surface area (Å²) in [6.07, 6.45) is -3.06. The van der Waals surface area contributed by atoms with Crippen LogP contribution in [0.4, 0.5) is 10.7 Å². The van der Waals surface area contributed by atoms with Crippen molar-refractivity contribution < 1.29 is 43.4 Å². The number of aliphatic hydroxyl groups is 2. The number of H-pyrrole nitrogens is 1. The molecule has 0 unspecified atom stereocenters. The minimum atomic E-state index is -4.87. The van der Waals surface area contributed by atoms with Crippen molar-refractivity contribution in [2.45, 2.75) is 72.7 Å². The van der Waals surface area contributed by atoms with Crippen LogP contribution < -0.4 is 27.2 Å². The van der Waals surface area contributed by atoms with E-state index in [9.17, 15) is 29.2 Å². The quantitative estimate of drug-likeness (QED) is 0.0503. The summed E-state index contributed by atoms with van der Waals surface area (Å²) in [4.78, 5) is 65.1. The van der Waals surface area contributed by atoms with Crippen molar-refractivity contribution in [2.24, 2.45) is 0 Å². The lowest BCUT2D eigenvalue weighted by Gasteiger charge is -2.19. The Morgan fingerprint density at radius 1 is 1.23 bits per heavy atom. The highest BCUT2D eigenvalue weighted by molar-refractivity contribution is 8.00. The Hall–Kier alpha value is -2.42. The molecule has 2 aromatic rings. The summed E-state index contributed by atoms with van der Waals surface area (Å²) in [7, 11) is -4.87. The van der Waals surface area contributed by atoms with Gasteiger partial charge in [0.2, 0.25) is 11.9 Å². The fraction of sp³-hybridized carbons (Fsp3) is 0.682. The summed E-state index contributed by atoms with van der Waals surface area (Å²) in [5.74, 6) is 0.842. The van der Waals surface area contributed by atoms with Gasteiger partial charge in [-0.25, -0.2) is 14.3 Å². The second-order valence-corrected chi connectivity index (χ2v) is 13.9. The Morgan fingerprint density at radius 3 is 2.79 bits per heavy atom. The van der Waals surface area contributed by atoms with E-state index in [0.29, 0.717) is 23.8 Å². The fourth-order valence-corrected chi connectivity index (χ4v) is 8.01. The lowest BCUT2D eigenvalue weighted by atomic mass is 10.0. The topological polar surface area (TPSA) is 276 Å². The Bertz CT molecular complexity index is 1450. The number of ether oxygens (including phenoxy) is 1. The summed E-state index contributed by atoms with van der Waals surface area (Å²) in [6.45, 7) is -0.460. The Morgan fingerprint density at radius 2 is 2.02 bits per heavy atom. The number of aliphatic hydroxyl groups excluding tert-OH is 2. The standard InChI is InChI=1S/C22H33N8O10PS2/c23-20-28-17-14(18(34)29-20)27-22(30(17)19-16(33)15(32)10(40-19)7-39-41(36,37)38)42-6-5-24-12(31)4-2-1-3-11-13-9(8-43-11)25-21(35)26-13/h9-11,13,15-16,19,32-33H,1-8H2,(H,24,31)(H2,25,26,35)(H2,36,37,38)(H3,23,28,29,34)/t9-,10+,11-,13-,15+,16+,19+/m0/s1. The van der Waals surface area contributed by atoms with Gasteiger partial charge in [-0.05, 0) is 12.8 Å². The maximum Gasteiger partial charge on any atom is 0.469 e. The first-order chi connectivity index (χ1) is 20.4. The summed E-state index contributed by atoms with van der Waals surface area (Å²) in [5, 5.41) is 30.4. The number of urea groups is 1. The van der Waals surface area contributed by atoms with Crippen molar-refractivity contribution in [3.63, 3.8) is 0 Å². The molecular formula is C22H33N8O10PS2. The van der Waals surface area contributed by atoms with Crippen LogP contribution in [-0.4, -0.2) is 112 Å². The minimum absolute atomic E-state index is 0.0414. The first-order valence-corrected chi connectivity index (χ1v) is 17.1. The first-order valence-electron chi connectivity index (χ1n) is 13.5. The number of fused-ring (bicyclic) bond motifs is 2. The smallest absolute Gasteiger partial charge is 0.387 e. The number of carbonyl (C=O) groups excluding carboxylic acids is 2. The van der Waals surface area contributed by atoms with Crippen molar-refractivity contribution in [3.05, 3.63) is 10.4 Å². The van der Waals surface area contributed by atoms with E-state index in [2.05, 4.69) is 35.4 Å². The molecule has 3 aliphatic heterocycles. The molecule has 43 heavy (non-hydrogen) atoms. The third kappa shape index (κ3) is 7.46. The van der Waals surface area contributed by atoms with Gasteiger partial charge >= 0.3 is 13.9 Å². The van der Waals surface area contributed by atoms with E-state index in [0.717, 1.165) is 30.4 Å². The summed E-state index contributed by atoms with van der Waals surface area (Å²) in [6, 6.07) is 0.175. The van der Waals surface area contributed by atoms with Gasteiger partial charge in [0.25, 0.3) is 5.56 Å². The number of carbonyl (C=O) groups is 2. The molecule has 7 atom stereocenters. The number of nitrogen functional groups attached to an aromatic ring is 1.